The Hall–Kier alpha value is -2.45. The average Bonchev–Trinajstić information content (AvgIpc) is 3.08. The third-order valence-electron chi connectivity index (χ3n) is 4.41. The van der Waals surface area contributed by atoms with Crippen LogP contribution in [0.25, 0.3) is 0 Å². The number of methoxy groups -OCH3 is 1. The highest BCUT2D eigenvalue weighted by Gasteiger charge is 2.25. The monoisotopic (exact) mass is 419 g/mol. The zero-order valence-electron chi connectivity index (χ0n) is 17.2. The molecule has 0 fully saturated rings. The number of rotatable bonds is 11. The maximum absolute atomic E-state index is 13.0. The van der Waals surface area contributed by atoms with Crippen LogP contribution in [0.15, 0.2) is 54.3 Å². The largest absolute Gasteiger partial charge is 0.383 e. The van der Waals surface area contributed by atoms with E-state index in [0.717, 1.165) is 0 Å². The van der Waals surface area contributed by atoms with Crippen LogP contribution in [-0.4, -0.2) is 49.0 Å². The van der Waals surface area contributed by atoms with Gasteiger partial charge in [-0.05, 0) is 5.56 Å². The van der Waals surface area contributed by atoms with Crippen LogP contribution < -0.4 is 0 Å². The minimum absolute atomic E-state index is 0.0139. The number of amides is 1. The van der Waals surface area contributed by atoms with Crippen LogP contribution >= 0.6 is 0 Å². The van der Waals surface area contributed by atoms with Gasteiger partial charge in [-0.25, -0.2) is 13.4 Å². The van der Waals surface area contributed by atoms with Crippen molar-refractivity contribution in [3.05, 3.63) is 60.4 Å². The van der Waals surface area contributed by atoms with Gasteiger partial charge in [-0.2, -0.15) is 0 Å². The molecule has 0 aliphatic carbocycles. The number of imidazole rings is 1. The molecule has 1 heterocycles. The van der Waals surface area contributed by atoms with Gasteiger partial charge in [0.1, 0.15) is 0 Å². The average molecular weight is 420 g/mol. The third kappa shape index (κ3) is 6.01. The van der Waals surface area contributed by atoms with Gasteiger partial charge in [0.2, 0.25) is 20.9 Å². The van der Waals surface area contributed by atoms with E-state index in [-0.39, 0.29) is 35.8 Å². The Labute approximate surface area is 172 Å². The normalized spacial score (nSPS) is 11.6. The van der Waals surface area contributed by atoms with Crippen LogP contribution in [0.2, 0.25) is 0 Å². The predicted molar refractivity (Wildman–Crippen MR) is 112 cm³/mol. The first-order chi connectivity index (χ1) is 13.8. The summed E-state index contributed by atoms with van der Waals surface area (Å²) in [5.41, 5.74) is 1.33. The summed E-state index contributed by atoms with van der Waals surface area (Å²) in [5.74, 6) is -0.342. The zero-order valence-corrected chi connectivity index (χ0v) is 18.1. The van der Waals surface area contributed by atoms with E-state index in [1.807, 2.05) is 19.9 Å². The summed E-state index contributed by atoms with van der Waals surface area (Å²) in [4.78, 5) is 18.4. The second kappa shape index (κ2) is 10.4. The van der Waals surface area contributed by atoms with Crippen molar-refractivity contribution >= 4 is 15.7 Å². The maximum atomic E-state index is 13.0. The number of hydrogen-bond donors (Lipinski definition) is 0. The highest BCUT2D eigenvalue weighted by Crippen LogP contribution is 2.19. The highest BCUT2D eigenvalue weighted by atomic mass is 32.2. The first kappa shape index (κ1) is 22.8. The second-order valence-electron chi connectivity index (χ2n) is 7.08. The summed E-state index contributed by atoms with van der Waals surface area (Å²) in [5, 5.41) is -0.0139. The summed E-state index contributed by atoms with van der Waals surface area (Å²) in [7, 11) is -2.08. The minimum Gasteiger partial charge on any atom is -0.383 e. The molecule has 158 valence electrons. The Morgan fingerprint density at radius 2 is 2.00 bits per heavy atom. The lowest BCUT2D eigenvalue weighted by Crippen LogP contribution is -2.37. The van der Waals surface area contributed by atoms with Gasteiger partial charge in [-0.3, -0.25) is 4.79 Å². The van der Waals surface area contributed by atoms with Gasteiger partial charge in [0.15, 0.2) is 0 Å². The van der Waals surface area contributed by atoms with Gasteiger partial charge >= 0.3 is 0 Å². The van der Waals surface area contributed by atoms with Crippen molar-refractivity contribution in [3.63, 3.8) is 0 Å². The first-order valence-electron chi connectivity index (χ1n) is 9.49. The molecule has 1 aromatic heterocycles. The molecule has 0 atom stereocenters. The van der Waals surface area contributed by atoms with Gasteiger partial charge < -0.3 is 14.2 Å². The van der Waals surface area contributed by atoms with Crippen LogP contribution in [0.1, 0.15) is 25.1 Å². The molecule has 0 spiro atoms. The fraction of sp³-hybridized carbons (Fsp3) is 0.429. The number of carbonyl (C=O) groups excluding carboxylic acids is 1. The van der Waals surface area contributed by atoms with Crippen molar-refractivity contribution in [1.29, 1.82) is 0 Å². The molecule has 0 aliphatic heterocycles. The summed E-state index contributed by atoms with van der Waals surface area (Å²) in [6.45, 7) is 8.74. The zero-order chi connectivity index (χ0) is 21.4. The van der Waals surface area contributed by atoms with E-state index in [2.05, 4.69) is 11.6 Å². The molecule has 0 bridgehead atoms. The number of carbonyl (C=O) groups is 1. The van der Waals surface area contributed by atoms with Crippen molar-refractivity contribution < 1.29 is 17.9 Å². The number of allylic oxidation sites excluding steroid dienone is 1. The van der Waals surface area contributed by atoms with Crippen LogP contribution in [-0.2, 0) is 38.2 Å². The maximum Gasteiger partial charge on any atom is 0.228 e. The SMILES string of the molecule is C=CCn1c(CN(CCOC)C(=O)C(C)C)cnc1S(=O)(=O)Cc1ccccc1. The van der Waals surface area contributed by atoms with Crippen molar-refractivity contribution in [2.75, 3.05) is 20.3 Å². The van der Waals surface area contributed by atoms with E-state index in [0.29, 0.717) is 24.4 Å². The van der Waals surface area contributed by atoms with Crippen LogP contribution in [0.4, 0.5) is 0 Å². The minimum atomic E-state index is -3.66. The van der Waals surface area contributed by atoms with Gasteiger partial charge in [-0.1, -0.05) is 50.3 Å². The van der Waals surface area contributed by atoms with Crippen molar-refractivity contribution in [1.82, 2.24) is 14.5 Å². The van der Waals surface area contributed by atoms with Gasteiger partial charge in [0.25, 0.3) is 0 Å². The van der Waals surface area contributed by atoms with E-state index in [9.17, 15) is 13.2 Å². The number of nitrogens with zero attached hydrogens (tertiary/aromatic N) is 3. The van der Waals surface area contributed by atoms with Gasteiger partial charge in [0, 0.05) is 26.1 Å². The van der Waals surface area contributed by atoms with E-state index in [1.54, 1.807) is 46.9 Å². The van der Waals surface area contributed by atoms with Crippen LogP contribution in [0.3, 0.4) is 0 Å². The second-order valence-corrected chi connectivity index (χ2v) is 8.97. The Kier molecular flexibility index (Phi) is 8.16. The number of aromatic nitrogens is 2. The topological polar surface area (TPSA) is 81.5 Å². The predicted octanol–water partition coefficient (Wildman–Crippen LogP) is 2.67. The summed E-state index contributed by atoms with van der Waals surface area (Å²) < 4.78 is 32.7. The van der Waals surface area contributed by atoms with Crippen molar-refractivity contribution in [3.8, 4) is 0 Å². The van der Waals surface area contributed by atoms with Gasteiger partial charge in [-0.15, -0.1) is 6.58 Å². The summed E-state index contributed by atoms with van der Waals surface area (Å²) in [6.07, 6.45) is 3.14. The number of benzene rings is 1. The smallest absolute Gasteiger partial charge is 0.228 e. The van der Waals surface area contributed by atoms with Crippen LogP contribution in [0.5, 0.6) is 0 Å². The molecule has 2 aromatic rings. The Balaban J connectivity index is 2.35. The first-order valence-corrected chi connectivity index (χ1v) is 11.1. The lowest BCUT2D eigenvalue weighted by atomic mass is 10.2. The fourth-order valence-corrected chi connectivity index (χ4v) is 4.48. The fourth-order valence-electron chi connectivity index (χ4n) is 2.98. The van der Waals surface area contributed by atoms with Crippen molar-refractivity contribution in [2.24, 2.45) is 5.92 Å². The molecule has 1 amide bonds. The van der Waals surface area contributed by atoms with E-state index in [1.165, 1.54) is 6.20 Å². The molecule has 0 N–H and O–H groups in total. The van der Waals surface area contributed by atoms with E-state index in [4.69, 9.17) is 4.74 Å². The molecule has 0 aliphatic rings. The summed E-state index contributed by atoms with van der Waals surface area (Å²) in [6, 6.07) is 8.99. The number of sulfone groups is 1. The van der Waals surface area contributed by atoms with Crippen molar-refractivity contribution in [2.45, 2.75) is 37.8 Å². The Morgan fingerprint density at radius 1 is 1.31 bits per heavy atom. The molecule has 0 unspecified atom stereocenters. The molecule has 2 rings (SSSR count). The van der Waals surface area contributed by atoms with E-state index < -0.39 is 9.84 Å². The molecule has 7 nitrogen and oxygen atoms in total. The van der Waals surface area contributed by atoms with Crippen LogP contribution in [0, 0.1) is 5.92 Å². The molecule has 0 radical (unpaired) electrons. The quantitative estimate of drug-likeness (QED) is 0.523. The van der Waals surface area contributed by atoms with Gasteiger partial charge in [0.05, 0.1) is 30.8 Å². The number of ether oxygens (including phenoxy) is 1. The Morgan fingerprint density at radius 3 is 2.59 bits per heavy atom. The molecule has 29 heavy (non-hydrogen) atoms. The standard InChI is InChI=1S/C21H29N3O4S/c1-5-11-24-19(15-23(12-13-28-4)20(25)17(2)3)14-22-21(24)29(26,27)16-18-9-7-6-8-10-18/h5-10,14,17H,1,11-13,15-16H2,2-4H3. The lowest BCUT2D eigenvalue weighted by Gasteiger charge is -2.25. The molecule has 1 aromatic carbocycles. The Bertz CT molecular complexity index is 921. The molecule has 0 saturated carbocycles. The lowest BCUT2D eigenvalue weighted by molar-refractivity contribution is -0.135. The highest BCUT2D eigenvalue weighted by molar-refractivity contribution is 7.90. The molecular formula is C21H29N3O4S. The molecule has 8 heteroatoms. The molecule has 0 saturated heterocycles. The third-order valence-corrected chi connectivity index (χ3v) is 6.01. The molecular weight excluding hydrogens is 390 g/mol. The van der Waals surface area contributed by atoms with E-state index >= 15 is 0 Å². The summed E-state index contributed by atoms with van der Waals surface area (Å²) >= 11 is 0. The number of hydrogen-bond acceptors (Lipinski definition) is 5.